The molecule has 3 heterocycles. The van der Waals surface area contributed by atoms with Gasteiger partial charge in [-0.15, -0.1) is 5.10 Å². The number of piperazine rings is 1. The lowest BCUT2D eigenvalue weighted by molar-refractivity contribution is -0.128. The number of hydrogen-bond donors (Lipinski definition) is 1. The maximum atomic E-state index is 12.3. The van der Waals surface area contributed by atoms with E-state index >= 15 is 0 Å². The van der Waals surface area contributed by atoms with Crippen molar-refractivity contribution >= 4 is 23.4 Å². The van der Waals surface area contributed by atoms with Crippen molar-refractivity contribution in [2.45, 2.75) is 18.5 Å². The second kappa shape index (κ2) is 7.45. The Balaban J connectivity index is 1.46. The highest BCUT2D eigenvalue weighted by atomic mass is 32.2. The smallest absolute Gasteiger partial charge is 0.233 e. The van der Waals surface area contributed by atoms with Gasteiger partial charge in [0.2, 0.25) is 11.1 Å². The van der Waals surface area contributed by atoms with Crippen LogP contribution in [0.15, 0.2) is 29.7 Å². The van der Waals surface area contributed by atoms with Gasteiger partial charge in [-0.25, -0.2) is 4.98 Å². The van der Waals surface area contributed by atoms with Crippen LogP contribution < -0.4 is 4.90 Å². The van der Waals surface area contributed by atoms with Crippen LogP contribution in [0.5, 0.6) is 0 Å². The number of rotatable bonds is 5. The van der Waals surface area contributed by atoms with E-state index in [9.17, 15) is 4.79 Å². The zero-order valence-electron chi connectivity index (χ0n) is 13.1. The predicted octanol–water partition coefficient (Wildman–Crippen LogP) is 1.20. The molecular weight excluding hydrogens is 312 g/mol. The number of nitrogens with one attached hydrogen (secondary N) is 1. The van der Waals surface area contributed by atoms with Crippen molar-refractivity contribution in [3.8, 4) is 0 Å². The first-order valence-electron chi connectivity index (χ1n) is 7.73. The number of H-pyrrole nitrogens is 1. The van der Waals surface area contributed by atoms with Gasteiger partial charge in [0.15, 0.2) is 0 Å². The van der Waals surface area contributed by atoms with Crippen LogP contribution >= 0.6 is 11.8 Å². The molecule has 0 atom stereocenters. The summed E-state index contributed by atoms with van der Waals surface area (Å²) in [4.78, 5) is 24.8. The van der Waals surface area contributed by atoms with Crippen LogP contribution in [0.3, 0.4) is 0 Å². The van der Waals surface area contributed by atoms with Crippen molar-refractivity contribution < 1.29 is 4.79 Å². The van der Waals surface area contributed by atoms with Gasteiger partial charge in [-0.3, -0.25) is 14.9 Å². The number of carbonyl (C=O) groups excluding carboxylic acids is 1. The summed E-state index contributed by atoms with van der Waals surface area (Å²) in [5, 5.41) is 7.61. The molecule has 1 amide bonds. The molecule has 0 spiro atoms. The zero-order valence-corrected chi connectivity index (χ0v) is 13.9. The van der Waals surface area contributed by atoms with Crippen LogP contribution in [-0.2, 0) is 11.2 Å². The van der Waals surface area contributed by atoms with E-state index in [1.54, 1.807) is 12.4 Å². The van der Waals surface area contributed by atoms with Crippen molar-refractivity contribution in [3.05, 3.63) is 30.4 Å². The third-order valence-electron chi connectivity index (χ3n) is 3.83. The van der Waals surface area contributed by atoms with Crippen LogP contribution in [0.2, 0.25) is 0 Å². The summed E-state index contributed by atoms with van der Waals surface area (Å²) >= 11 is 1.39. The molecule has 0 radical (unpaired) electrons. The van der Waals surface area contributed by atoms with Gasteiger partial charge in [-0.2, -0.15) is 0 Å². The number of aryl methyl sites for hydroxylation is 1. The first-order chi connectivity index (χ1) is 11.3. The van der Waals surface area contributed by atoms with Gasteiger partial charge >= 0.3 is 0 Å². The fraction of sp³-hybridized carbons (Fsp3) is 0.467. The van der Waals surface area contributed by atoms with E-state index in [4.69, 9.17) is 0 Å². The molecule has 1 aliphatic heterocycles. The Kier molecular flexibility index (Phi) is 5.12. The molecule has 3 rings (SSSR count). The van der Waals surface area contributed by atoms with Crippen LogP contribution in [0.4, 0.5) is 5.69 Å². The Labute approximate surface area is 139 Å². The second-order valence-corrected chi connectivity index (χ2v) is 6.22. The number of aromatic nitrogens is 4. The molecule has 8 heteroatoms. The summed E-state index contributed by atoms with van der Waals surface area (Å²) in [6, 6.07) is 4.00. The van der Waals surface area contributed by atoms with Crippen molar-refractivity contribution in [3.63, 3.8) is 0 Å². The minimum atomic E-state index is 0.146. The Hall–Kier alpha value is -2.09. The third-order valence-corrected chi connectivity index (χ3v) is 4.66. The molecule has 2 aromatic heterocycles. The maximum absolute atomic E-state index is 12.3. The van der Waals surface area contributed by atoms with Crippen LogP contribution in [0.1, 0.15) is 12.7 Å². The number of hydrogen-bond acceptors (Lipinski definition) is 6. The molecule has 1 aliphatic rings. The fourth-order valence-corrected chi connectivity index (χ4v) is 3.21. The quantitative estimate of drug-likeness (QED) is 0.829. The largest absolute Gasteiger partial charge is 0.368 e. The van der Waals surface area contributed by atoms with Gasteiger partial charge < -0.3 is 9.80 Å². The highest BCUT2D eigenvalue weighted by Gasteiger charge is 2.21. The standard InChI is InChI=1S/C15H20N6OS/c1-2-13-17-15(19-18-13)23-11-14(22)21-9-7-20(8-10-21)12-3-5-16-6-4-12/h3-6H,2,7-11H2,1H3,(H,17,18,19). The van der Waals surface area contributed by atoms with Crippen molar-refractivity contribution in [1.82, 2.24) is 25.1 Å². The number of thioether (sulfide) groups is 1. The number of carbonyl (C=O) groups is 1. The van der Waals surface area contributed by atoms with E-state index < -0.39 is 0 Å². The first kappa shape index (κ1) is 15.8. The van der Waals surface area contributed by atoms with Crippen LogP contribution in [0.25, 0.3) is 0 Å². The zero-order chi connectivity index (χ0) is 16.1. The Morgan fingerprint density at radius 1 is 1.26 bits per heavy atom. The van der Waals surface area contributed by atoms with Crippen LogP contribution in [-0.4, -0.2) is 62.9 Å². The Morgan fingerprint density at radius 3 is 2.65 bits per heavy atom. The average molecular weight is 332 g/mol. The van der Waals surface area contributed by atoms with Gasteiger partial charge in [0.1, 0.15) is 5.82 Å². The molecule has 0 unspecified atom stereocenters. The summed E-state index contributed by atoms with van der Waals surface area (Å²) in [7, 11) is 0. The molecule has 0 aromatic carbocycles. The molecule has 0 saturated carbocycles. The monoisotopic (exact) mass is 332 g/mol. The SMILES string of the molecule is CCc1nc(SCC(=O)N2CCN(c3ccncc3)CC2)n[nH]1. The first-order valence-corrected chi connectivity index (χ1v) is 8.71. The second-order valence-electron chi connectivity index (χ2n) is 5.28. The maximum Gasteiger partial charge on any atom is 0.233 e. The lowest BCUT2D eigenvalue weighted by atomic mass is 10.2. The lowest BCUT2D eigenvalue weighted by Gasteiger charge is -2.36. The van der Waals surface area contributed by atoms with Gasteiger partial charge in [0.05, 0.1) is 5.75 Å². The van der Waals surface area contributed by atoms with E-state index in [0.29, 0.717) is 10.9 Å². The van der Waals surface area contributed by atoms with Gasteiger partial charge in [0.25, 0.3) is 0 Å². The van der Waals surface area contributed by atoms with Crippen molar-refractivity contribution in [2.24, 2.45) is 0 Å². The summed E-state index contributed by atoms with van der Waals surface area (Å²) in [6.07, 6.45) is 4.41. The van der Waals surface area contributed by atoms with Gasteiger partial charge in [-0.05, 0) is 12.1 Å². The Morgan fingerprint density at radius 2 is 2.00 bits per heavy atom. The molecule has 7 nitrogen and oxygen atoms in total. The minimum Gasteiger partial charge on any atom is -0.368 e. The summed E-state index contributed by atoms with van der Waals surface area (Å²) in [5.74, 6) is 1.38. The van der Waals surface area contributed by atoms with Crippen molar-refractivity contribution in [1.29, 1.82) is 0 Å². The number of anilines is 1. The topological polar surface area (TPSA) is 78.0 Å². The summed E-state index contributed by atoms with van der Waals surface area (Å²) in [6.45, 7) is 5.20. The normalized spacial score (nSPS) is 15.0. The third kappa shape index (κ3) is 4.01. The molecule has 122 valence electrons. The minimum absolute atomic E-state index is 0.146. The van der Waals surface area contributed by atoms with E-state index in [0.717, 1.165) is 44.1 Å². The fourth-order valence-electron chi connectivity index (χ4n) is 2.49. The highest BCUT2D eigenvalue weighted by molar-refractivity contribution is 7.99. The molecule has 0 aliphatic carbocycles. The molecule has 2 aromatic rings. The number of amides is 1. The molecular formula is C15H20N6OS. The highest BCUT2D eigenvalue weighted by Crippen LogP contribution is 2.17. The van der Waals surface area contributed by atoms with E-state index in [2.05, 4.69) is 25.1 Å². The number of pyridine rings is 1. The molecule has 1 saturated heterocycles. The van der Waals surface area contributed by atoms with E-state index in [1.165, 1.54) is 11.8 Å². The molecule has 1 N–H and O–H groups in total. The molecule has 23 heavy (non-hydrogen) atoms. The number of nitrogens with zero attached hydrogens (tertiary/aromatic N) is 5. The summed E-state index contributed by atoms with van der Waals surface area (Å²) < 4.78 is 0. The van der Waals surface area contributed by atoms with Crippen LogP contribution in [0, 0.1) is 0 Å². The van der Waals surface area contributed by atoms with Gasteiger partial charge in [-0.1, -0.05) is 18.7 Å². The summed E-state index contributed by atoms with van der Waals surface area (Å²) in [5.41, 5.74) is 1.16. The predicted molar refractivity (Wildman–Crippen MR) is 89.5 cm³/mol. The Bertz CT molecular complexity index is 638. The lowest BCUT2D eigenvalue weighted by Crippen LogP contribution is -2.49. The number of aromatic amines is 1. The van der Waals surface area contributed by atoms with Gasteiger partial charge in [0, 0.05) is 50.7 Å². The molecule has 0 bridgehead atoms. The van der Waals surface area contributed by atoms with E-state index in [1.807, 2.05) is 24.0 Å². The van der Waals surface area contributed by atoms with E-state index in [-0.39, 0.29) is 5.91 Å². The average Bonchev–Trinajstić information content (AvgIpc) is 3.09. The van der Waals surface area contributed by atoms with Crippen molar-refractivity contribution in [2.75, 3.05) is 36.8 Å². The molecule has 1 fully saturated rings.